The van der Waals surface area contributed by atoms with Gasteiger partial charge in [-0.25, -0.2) is 4.39 Å². The van der Waals surface area contributed by atoms with Crippen LogP contribution in [0.3, 0.4) is 0 Å². The number of carbonyl (C=O) groups is 1. The van der Waals surface area contributed by atoms with E-state index in [1.165, 1.54) is 18.2 Å². The fourth-order valence-corrected chi connectivity index (χ4v) is 2.44. The second kappa shape index (κ2) is 6.19. The number of hydrogen-bond donors (Lipinski definition) is 1. The summed E-state index contributed by atoms with van der Waals surface area (Å²) >= 11 is 11.1. The molecular weight excluding hydrogens is 447 g/mol. The fourth-order valence-electron chi connectivity index (χ4n) is 1.43. The average molecular weight is 454 g/mol. The SMILES string of the molecule is O=C(Nc1cc(Br)ccc1I)c1ccc(F)c(Cl)c1. The van der Waals surface area contributed by atoms with E-state index in [1.807, 2.05) is 12.1 Å². The monoisotopic (exact) mass is 453 g/mol. The maximum atomic E-state index is 13.0. The van der Waals surface area contributed by atoms with Gasteiger partial charge >= 0.3 is 0 Å². The van der Waals surface area contributed by atoms with Crippen molar-refractivity contribution in [3.8, 4) is 0 Å². The van der Waals surface area contributed by atoms with Crippen LogP contribution in [0.2, 0.25) is 5.02 Å². The highest BCUT2D eigenvalue weighted by molar-refractivity contribution is 14.1. The van der Waals surface area contributed by atoms with Gasteiger partial charge in [-0.1, -0.05) is 27.5 Å². The summed E-state index contributed by atoms with van der Waals surface area (Å²) < 4.78 is 14.8. The van der Waals surface area contributed by atoms with E-state index < -0.39 is 5.82 Å². The van der Waals surface area contributed by atoms with Gasteiger partial charge in [0.1, 0.15) is 5.82 Å². The molecule has 0 radical (unpaired) electrons. The summed E-state index contributed by atoms with van der Waals surface area (Å²) in [7, 11) is 0. The minimum absolute atomic E-state index is 0.0726. The van der Waals surface area contributed by atoms with Crippen molar-refractivity contribution in [3.63, 3.8) is 0 Å². The molecule has 0 atom stereocenters. The Bertz CT molecular complexity index is 651. The second-order valence-electron chi connectivity index (χ2n) is 3.71. The van der Waals surface area contributed by atoms with E-state index >= 15 is 0 Å². The molecular formula is C13H7BrClFINO. The lowest BCUT2D eigenvalue weighted by Crippen LogP contribution is -2.13. The molecule has 1 amide bonds. The molecule has 0 aromatic heterocycles. The minimum atomic E-state index is -0.546. The molecule has 0 aliphatic carbocycles. The van der Waals surface area contributed by atoms with Crippen molar-refractivity contribution in [1.29, 1.82) is 0 Å². The molecule has 0 unspecified atom stereocenters. The van der Waals surface area contributed by atoms with Gasteiger partial charge in [-0.3, -0.25) is 4.79 Å². The lowest BCUT2D eigenvalue weighted by Gasteiger charge is -2.08. The number of anilines is 1. The normalized spacial score (nSPS) is 10.3. The molecule has 0 heterocycles. The van der Waals surface area contributed by atoms with Gasteiger partial charge in [0, 0.05) is 13.6 Å². The Kier molecular flexibility index (Phi) is 4.81. The third kappa shape index (κ3) is 3.67. The number of benzene rings is 2. The molecule has 0 aliphatic heterocycles. The number of nitrogens with one attached hydrogen (secondary N) is 1. The Labute approximate surface area is 136 Å². The van der Waals surface area contributed by atoms with Crippen LogP contribution >= 0.6 is 50.1 Å². The number of halogens is 4. The smallest absolute Gasteiger partial charge is 0.255 e. The number of hydrogen-bond acceptors (Lipinski definition) is 1. The summed E-state index contributed by atoms with van der Waals surface area (Å²) in [5.74, 6) is -0.881. The summed E-state index contributed by atoms with van der Waals surface area (Å²) in [6.07, 6.45) is 0. The Balaban J connectivity index is 2.25. The number of rotatable bonds is 2. The third-order valence-corrected chi connectivity index (χ3v) is 4.08. The summed E-state index contributed by atoms with van der Waals surface area (Å²) in [4.78, 5) is 12.0. The van der Waals surface area contributed by atoms with E-state index in [4.69, 9.17) is 11.6 Å². The van der Waals surface area contributed by atoms with Crippen LogP contribution in [0.5, 0.6) is 0 Å². The lowest BCUT2D eigenvalue weighted by molar-refractivity contribution is 0.102. The van der Waals surface area contributed by atoms with E-state index in [9.17, 15) is 9.18 Å². The molecule has 19 heavy (non-hydrogen) atoms. The Morgan fingerprint density at radius 3 is 2.68 bits per heavy atom. The zero-order chi connectivity index (χ0) is 14.0. The lowest BCUT2D eigenvalue weighted by atomic mass is 10.2. The first-order valence-corrected chi connectivity index (χ1v) is 7.44. The van der Waals surface area contributed by atoms with Crippen molar-refractivity contribution >= 4 is 61.7 Å². The molecule has 2 aromatic rings. The van der Waals surface area contributed by atoms with E-state index in [2.05, 4.69) is 43.8 Å². The molecule has 0 fully saturated rings. The van der Waals surface area contributed by atoms with Crippen LogP contribution < -0.4 is 5.32 Å². The number of carbonyl (C=O) groups excluding carboxylic acids is 1. The van der Waals surface area contributed by atoms with E-state index in [1.54, 1.807) is 6.07 Å². The average Bonchev–Trinajstić information content (AvgIpc) is 2.37. The molecule has 0 saturated heterocycles. The standard InChI is InChI=1S/C13H7BrClFINO/c14-8-2-4-11(17)12(6-8)18-13(19)7-1-3-10(16)9(15)5-7/h1-6H,(H,18,19). The highest BCUT2D eigenvalue weighted by Crippen LogP contribution is 2.24. The quantitative estimate of drug-likeness (QED) is 0.629. The highest BCUT2D eigenvalue weighted by Gasteiger charge is 2.10. The maximum Gasteiger partial charge on any atom is 0.255 e. The summed E-state index contributed by atoms with van der Waals surface area (Å²) in [5.41, 5.74) is 0.989. The zero-order valence-corrected chi connectivity index (χ0v) is 13.9. The van der Waals surface area contributed by atoms with Crippen molar-refractivity contribution in [2.24, 2.45) is 0 Å². The van der Waals surface area contributed by atoms with Gasteiger partial charge in [0.25, 0.3) is 5.91 Å². The molecule has 0 aliphatic rings. The number of amides is 1. The van der Waals surface area contributed by atoms with Crippen LogP contribution in [0.4, 0.5) is 10.1 Å². The van der Waals surface area contributed by atoms with Crippen molar-refractivity contribution in [2.75, 3.05) is 5.32 Å². The maximum absolute atomic E-state index is 13.0. The van der Waals surface area contributed by atoms with Gasteiger partial charge < -0.3 is 5.32 Å². The van der Waals surface area contributed by atoms with Crippen molar-refractivity contribution in [3.05, 3.63) is 60.8 Å². The molecule has 6 heteroatoms. The third-order valence-electron chi connectivity index (χ3n) is 2.36. The van der Waals surface area contributed by atoms with Crippen LogP contribution in [0, 0.1) is 9.39 Å². The molecule has 2 aromatic carbocycles. The minimum Gasteiger partial charge on any atom is -0.321 e. The van der Waals surface area contributed by atoms with Crippen LogP contribution in [-0.4, -0.2) is 5.91 Å². The molecule has 0 bridgehead atoms. The van der Waals surface area contributed by atoms with Gasteiger partial charge in [-0.15, -0.1) is 0 Å². The van der Waals surface area contributed by atoms with Crippen LogP contribution in [0.25, 0.3) is 0 Å². The molecule has 0 saturated carbocycles. The Hall–Kier alpha value is -0.660. The first kappa shape index (κ1) is 14.7. The molecule has 0 spiro atoms. The first-order valence-electron chi connectivity index (χ1n) is 5.19. The largest absolute Gasteiger partial charge is 0.321 e. The van der Waals surface area contributed by atoms with Crippen molar-refractivity contribution in [2.45, 2.75) is 0 Å². The van der Waals surface area contributed by atoms with Gasteiger partial charge in [-0.05, 0) is 59.0 Å². The van der Waals surface area contributed by atoms with E-state index in [-0.39, 0.29) is 10.9 Å². The fraction of sp³-hybridized carbons (Fsp3) is 0. The molecule has 2 nitrogen and oxygen atoms in total. The van der Waals surface area contributed by atoms with Gasteiger partial charge in [0.15, 0.2) is 0 Å². The van der Waals surface area contributed by atoms with Gasteiger partial charge in [-0.2, -0.15) is 0 Å². The summed E-state index contributed by atoms with van der Waals surface area (Å²) in [5, 5.41) is 2.68. The summed E-state index contributed by atoms with van der Waals surface area (Å²) in [6, 6.07) is 9.41. The van der Waals surface area contributed by atoms with Crippen molar-refractivity contribution in [1.82, 2.24) is 0 Å². The van der Waals surface area contributed by atoms with Gasteiger partial charge in [0.2, 0.25) is 0 Å². The predicted octanol–water partition coefficient (Wildman–Crippen LogP) is 5.10. The molecule has 1 N–H and O–H groups in total. The van der Waals surface area contributed by atoms with Crippen molar-refractivity contribution < 1.29 is 9.18 Å². The summed E-state index contributed by atoms with van der Waals surface area (Å²) in [6.45, 7) is 0. The predicted molar refractivity (Wildman–Crippen MR) is 86.2 cm³/mol. The van der Waals surface area contributed by atoms with E-state index in [0.717, 1.165) is 8.04 Å². The molecule has 2 rings (SSSR count). The molecule has 98 valence electrons. The highest BCUT2D eigenvalue weighted by atomic mass is 127. The van der Waals surface area contributed by atoms with Crippen LogP contribution in [0.1, 0.15) is 10.4 Å². The Morgan fingerprint density at radius 1 is 1.26 bits per heavy atom. The van der Waals surface area contributed by atoms with Gasteiger partial charge in [0.05, 0.1) is 10.7 Å². The topological polar surface area (TPSA) is 29.1 Å². The van der Waals surface area contributed by atoms with E-state index in [0.29, 0.717) is 11.3 Å². The van der Waals surface area contributed by atoms with Crippen LogP contribution in [-0.2, 0) is 0 Å². The first-order chi connectivity index (χ1) is 8.97. The van der Waals surface area contributed by atoms with Crippen LogP contribution in [0.15, 0.2) is 40.9 Å². The second-order valence-corrected chi connectivity index (χ2v) is 6.19. The zero-order valence-electron chi connectivity index (χ0n) is 9.38. The Morgan fingerprint density at radius 2 is 2.00 bits per heavy atom.